The molecule has 23 heavy (non-hydrogen) atoms. The Morgan fingerprint density at radius 1 is 1.04 bits per heavy atom. The van der Waals surface area contributed by atoms with Crippen LogP contribution in [-0.4, -0.2) is 12.0 Å². The third-order valence-electron chi connectivity index (χ3n) is 4.81. The first-order chi connectivity index (χ1) is 11.3. The molecule has 0 radical (unpaired) electrons. The summed E-state index contributed by atoms with van der Waals surface area (Å²) >= 11 is 1.72. The Kier molecular flexibility index (Phi) is 4.08. The average molecular weight is 327 g/mol. The van der Waals surface area contributed by atoms with E-state index in [0.717, 1.165) is 11.4 Å². The molecule has 4 rings (SSSR count). The molecule has 0 unspecified atom stereocenters. The van der Waals surface area contributed by atoms with E-state index in [4.69, 9.17) is 4.74 Å². The highest BCUT2D eigenvalue weighted by Gasteiger charge is 2.27. The maximum Gasteiger partial charge on any atom is 0.225 e. The number of thiophene rings is 1. The predicted molar refractivity (Wildman–Crippen MR) is 93.4 cm³/mol. The Bertz CT molecular complexity index is 686. The molecule has 1 N–H and O–H groups in total. The van der Waals surface area contributed by atoms with Crippen LogP contribution in [0.1, 0.15) is 54.9 Å². The summed E-state index contributed by atoms with van der Waals surface area (Å²) in [5, 5.41) is 5.00. The van der Waals surface area contributed by atoms with Crippen LogP contribution in [0.2, 0.25) is 0 Å². The lowest BCUT2D eigenvalue weighted by Gasteiger charge is -2.24. The lowest BCUT2D eigenvalue weighted by molar-refractivity contribution is -0.116. The van der Waals surface area contributed by atoms with Crippen molar-refractivity contribution in [2.75, 3.05) is 5.32 Å². The van der Waals surface area contributed by atoms with Crippen LogP contribution in [0.5, 0.6) is 5.75 Å². The van der Waals surface area contributed by atoms with Crippen molar-refractivity contribution in [2.24, 2.45) is 0 Å². The summed E-state index contributed by atoms with van der Waals surface area (Å²) in [6.45, 7) is 0. The largest absolute Gasteiger partial charge is 0.490 e. The molecule has 0 bridgehead atoms. The number of amides is 1. The van der Waals surface area contributed by atoms with E-state index < -0.39 is 0 Å². The average Bonchev–Trinajstić information content (AvgIpc) is 3.04. The monoisotopic (exact) mass is 327 g/mol. The van der Waals surface area contributed by atoms with Gasteiger partial charge in [-0.25, -0.2) is 0 Å². The Morgan fingerprint density at radius 2 is 1.83 bits per heavy atom. The summed E-state index contributed by atoms with van der Waals surface area (Å²) < 4.78 is 6.10. The molecule has 2 aromatic rings. The number of nitrogens with one attached hydrogen (secondary N) is 1. The molecule has 1 fully saturated rings. The summed E-state index contributed by atoms with van der Waals surface area (Å²) in [4.78, 5) is 13.2. The zero-order valence-corrected chi connectivity index (χ0v) is 13.9. The highest BCUT2D eigenvalue weighted by molar-refractivity contribution is 7.10. The molecular formula is C19H21NO2S. The van der Waals surface area contributed by atoms with Gasteiger partial charge >= 0.3 is 0 Å². The van der Waals surface area contributed by atoms with Gasteiger partial charge in [0, 0.05) is 17.2 Å². The van der Waals surface area contributed by atoms with Gasteiger partial charge in [0.1, 0.15) is 5.75 Å². The maximum atomic E-state index is 11.9. The lowest BCUT2D eigenvalue weighted by atomic mass is 9.90. The first-order valence-corrected chi connectivity index (χ1v) is 9.31. The molecule has 3 nitrogen and oxygen atoms in total. The zero-order chi connectivity index (χ0) is 15.6. The minimum atomic E-state index is 0.100. The molecule has 1 atom stereocenters. The van der Waals surface area contributed by atoms with E-state index in [2.05, 4.69) is 29.6 Å². The second-order valence-electron chi connectivity index (χ2n) is 6.45. The van der Waals surface area contributed by atoms with Crippen molar-refractivity contribution in [3.63, 3.8) is 0 Å². The number of hydrogen-bond acceptors (Lipinski definition) is 3. The molecular weight excluding hydrogens is 306 g/mol. The molecule has 120 valence electrons. The number of anilines is 1. The molecule has 1 aliphatic heterocycles. The molecule has 1 aromatic heterocycles. The second-order valence-corrected chi connectivity index (χ2v) is 7.40. The number of benzene rings is 1. The summed E-state index contributed by atoms with van der Waals surface area (Å²) in [6.07, 6.45) is 7.13. The topological polar surface area (TPSA) is 38.3 Å². The van der Waals surface area contributed by atoms with Gasteiger partial charge in [-0.2, -0.15) is 0 Å². The van der Waals surface area contributed by atoms with Crippen LogP contribution in [-0.2, 0) is 4.79 Å². The molecule has 2 aliphatic rings. The van der Waals surface area contributed by atoms with Crippen molar-refractivity contribution in [2.45, 2.75) is 50.5 Å². The Balaban J connectivity index is 1.51. The number of fused-ring (bicyclic) bond motifs is 1. The first kappa shape index (κ1) is 14.8. The van der Waals surface area contributed by atoms with Crippen LogP contribution in [0.15, 0.2) is 35.7 Å². The van der Waals surface area contributed by atoms with Gasteiger partial charge in [-0.15, -0.1) is 11.3 Å². The SMILES string of the molecule is O=C1C[C@@H](c2ccc(OC3CCCCC3)cc2)c2sccc2N1. The number of carbonyl (C=O) groups is 1. The van der Waals surface area contributed by atoms with Gasteiger partial charge < -0.3 is 10.1 Å². The van der Waals surface area contributed by atoms with Gasteiger partial charge in [0.05, 0.1) is 11.8 Å². The van der Waals surface area contributed by atoms with Gasteiger partial charge in [-0.1, -0.05) is 18.6 Å². The first-order valence-electron chi connectivity index (χ1n) is 8.43. The van der Waals surface area contributed by atoms with Crippen molar-refractivity contribution in [3.8, 4) is 5.75 Å². The fourth-order valence-electron chi connectivity index (χ4n) is 3.60. The molecule has 1 saturated carbocycles. The van der Waals surface area contributed by atoms with Crippen molar-refractivity contribution in [3.05, 3.63) is 46.2 Å². The van der Waals surface area contributed by atoms with Gasteiger partial charge in [0.15, 0.2) is 0 Å². The van der Waals surface area contributed by atoms with Crippen molar-refractivity contribution < 1.29 is 9.53 Å². The van der Waals surface area contributed by atoms with Gasteiger partial charge in [-0.05, 0) is 54.8 Å². The molecule has 4 heteroatoms. The van der Waals surface area contributed by atoms with Crippen LogP contribution < -0.4 is 10.1 Å². The number of hydrogen-bond donors (Lipinski definition) is 1. The molecule has 0 saturated heterocycles. The van der Waals surface area contributed by atoms with Crippen LogP contribution in [0, 0.1) is 0 Å². The van der Waals surface area contributed by atoms with E-state index in [0.29, 0.717) is 12.5 Å². The minimum Gasteiger partial charge on any atom is -0.490 e. The fraction of sp³-hybridized carbons (Fsp3) is 0.421. The fourth-order valence-corrected chi connectivity index (χ4v) is 4.58. The molecule has 1 aliphatic carbocycles. The van der Waals surface area contributed by atoms with E-state index >= 15 is 0 Å². The van der Waals surface area contributed by atoms with Crippen molar-refractivity contribution in [1.29, 1.82) is 0 Å². The summed E-state index contributed by atoms with van der Waals surface area (Å²) in [5.74, 6) is 1.22. The maximum absolute atomic E-state index is 11.9. The molecule has 1 aromatic carbocycles. The lowest BCUT2D eigenvalue weighted by Crippen LogP contribution is -2.22. The predicted octanol–water partition coefficient (Wildman–Crippen LogP) is 4.93. The third kappa shape index (κ3) is 3.13. The van der Waals surface area contributed by atoms with Crippen molar-refractivity contribution >= 4 is 22.9 Å². The van der Waals surface area contributed by atoms with Gasteiger partial charge in [-0.3, -0.25) is 4.79 Å². The third-order valence-corrected chi connectivity index (χ3v) is 5.84. The van der Waals surface area contributed by atoms with E-state index in [9.17, 15) is 4.79 Å². The normalized spacial score (nSPS) is 21.6. The Labute approximate surface area is 140 Å². The van der Waals surface area contributed by atoms with E-state index in [1.54, 1.807) is 11.3 Å². The highest BCUT2D eigenvalue weighted by atomic mass is 32.1. The van der Waals surface area contributed by atoms with Gasteiger partial charge in [0.2, 0.25) is 5.91 Å². The molecule has 1 amide bonds. The van der Waals surface area contributed by atoms with E-state index in [1.807, 2.05) is 11.4 Å². The summed E-state index contributed by atoms with van der Waals surface area (Å²) in [7, 11) is 0. The number of ether oxygens (including phenoxy) is 1. The van der Waals surface area contributed by atoms with E-state index in [-0.39, 0.29) is 11.8 Å². The van der Waals surface area contributed by atoms with Crippen LogP contribution in [0.4, 0.5) is 5.69 Å². The van der Waals surface area contributed by atoms with Gasteiger partial charge in [0.25, 0.3) is 0 Å². The van der Waals surface area contributed by atoms with Crippen LogP contribution in [0.25, 0.3) is 0 Å². The van der Waals surface area contributed by atoms with Crippen LogP contribution in [0.3, 0.4) is 0 Å². The number of rotatable bonds is 3. The minimum absolute atomic E-state index is 0.100. The molecule has 2 heterocycles. The quantitative estimate of drug-likeness (QED) is 0.867. The summed E-state index contributed by atoms with van der Waals surface area (Å²) in [6, 6.07) is 10.3. The Hall–Kier alpha value is -1.81. The molecule has 0 spiro atoms. The zero-order valence-electron chi connectivity index (χ0n) is 13.1. The highest BCUT2D eigenvalue weighted by Crippen LogP contribution is 2.40. The standard InChI is InChI=1S/C19H21NO2S/c21-18-12-16(19-17(20-18)10-11-23-19)13-6-8-15(9-7-13)22-14-4-2-1-3-5-14/h6-11,14,16H,1-5,12H2,(H,20,21)/t16-/m0/s1. The second kappa shape index (κ2) is 6.36. The Morgan fingerprint density at radius 3 is 2.61 bits per heavy atom. The van der Waals surface area contributed by atoms with Crippen LogP contribution >= 0.6 is 11.3 Å². The summed E-state index contributed by atoms with van der Waals surface area (Å²) in [5.41, 5.74) is 2.17. The van der Waals surface area contributed by atoms with Crippen molar-refractivity contribution in [1.82, 2.24) is 0 Å². The smallest absolute Gasteiger partial charge is 0.225 e. The number of carbonyl (C=O) groups excluding carboxylic acids is 1. The van der Waals surface area contributed by atoms with E-state index in [1.165, 1.54) is 42.5 Å².